The Kier molecular flexibility index (Phi) is 4.56. The molecule has 0 bridgehead atoms. The highest BCUT2D eigenvalue weighted by molar-refractivity contribution is 7.13. The fraction of sp³-hybridized carbons (Fsp3) is 0.333. The number of rotatable bonds is 4. The van der Waals surface area contributed by atoms with E-state index in [-0.39, 0.29) is 11.9 Å². The average Bonchev–Trinajstić information content (AvgIpc) is 3.36. The van der Waals surface area contributed by atoms with Gasteiger partial charge in [-0.2, -0.15) is 0 Å². The Morgan fingerprint density at radius 1 is 1.20 bits per heavy atom. The van der Waals surface area contributed by atoms with E-state index in [1.807, 2.05) is 22.9 Å². The number of nitrogens with zero attached hydrogens (tertiary/aromatic N) is 4. The molecule has 1 aliphatic rings. The molecule has 1 fully saturated rings. The number of hydrogen-bond donors (Lipinski definition) is 1. The molecule has 4 rings (SSSR count). The molecule has 1 saturated carbocycles. The van der Waals surface area contributed by atoms with Crippen molar-refractivity contribution in [3.63, 3.8) is 0 Å². The van der Waals surface area contributed by atoms with Crippen LogP contribution in [0.25, 0.3) is 16.3 Å². The van der Waals surface area contributed by atoms with Crippen LogP contribution in [0.15, 0.2) is 42.6 Å². The number of imidazole rings is 1. The van der Waals surface area contributed by atoms with Gasteiger partial charge in [0.1, 0.15) is 17.8 Å². The zero-order chi connectivity index (χ0) is 17.1. The predicted octanol–water partition coefficient (Wildman–Crippen LogP) is 3.45. The largest absolute Gasteiger partial charge is 0.348 e. The highest BCUT2D eigenvalue weighted by Gasteiger charge is 2.19. The summed E-state index contributed by atoms with van der Waals surface area (Å²) in [5.41, 5.74) is 3.16. The van der Waals surface area contributed by atoms with Gasteiger partial charge in [-0.1, -0.05) is 19.3 Å². The van der Waals surface area contributed by atoms with Crippen molar-refractivity contribution >= 4 is 17.2 Å². The molecule has 0 aliphatic heterocycles. The van der Waals surface area contributed by atoms with Gasteiger partial charge in [-0.15, -0.1) is 11.3 Å². The summed E-state index contributed by atoms with van der Waals surface area (Å²) in [6, 6.07) is 4.05. The standard InChI is InChI=1S/C18H19N5OS/c24-18(21-14-4-2-1-3-5-14)15-8-13(16-10-20-12-25-16)9-17(22-15)23-7-6-19-11-23/h6-12,14H,1-5H2,(H,21,24). The van der Waals surface area contributed by atoms with E-state index in [0.717, 1.165) is 23.3 Å². The molecule has 1 N–H and O–H groups in total. The lowest BCUT2D eigenvalue weighted by Crippen LogP contribution is -2.36. The molecule has 0 unspecified atom stereocenters. The summed E-state index contributed by atoms with van der Waals surface area (Å²) in [6.45, 7) is 0. The fourth-order valence-electron chi connectivity index (χ4n) is 3.17. The number of aromatic nitrogens is 4. The van der Waals surface area contributed by atoms with Crippen molar-refractivity contribution < 1.29 is 4.79 Å². The van der Waals surface area contributed by atoms with Crippen LogP contribution in [-0.4, -0.2) is 31.5 Å². The SMILES string of the molecule is O=C(NC1CCCCC1)c1cc(-c2cncs2)cc(-n2ccnc2)n1. The molecule has 25 heavy (non-hydrogen) atoms. The van der Waals surface area contributed by atoms with Crippen molar-refractivity contribution in [3.8, 4) is 16.3 Å². The monoisotopic (exact) mass is 353 g/mol. The molecule has 1 aliphatic carbocycles. The topological polar surface area (TPSA) is 72.7 Å². The molecule has 1 amide bonds. The summed E-state index contributed by atoms with van der Waals surface area (Å²) in [5, 5.41) is 3.14. The minimum atomic E-state index is -0.111. The van der Waals surface area contributed by atoms with Gasteiger partial charge >= 0.3 is 0 Å². The van der Waals surface area contributed by atoms with E-state index in [0.29, 0.717) is 11.5 Å². The molecular weight excluding hydrogens is 334 g/mol. The third-order valence-electron chi connectivity index (χ3n) is 4.47. The molecule has 3 aromatic heterocycles. The molecule has 0 aromatic carbocycles. The summed E-state index contributed by atoms with van der Waals surface area (Å²) in [7, 11) is 0. The second kappa shape index (κ2) is 7.14. The van der Waals surface area contributed by atoms with Crippen LogP contribution in [-0.2, 0) is 0 Å². The Morgan fingerprint density at radius 3 is 2.80 bits per heavy atom. The Bertz CT molecular complexity index is 786. The van der Waals surface area contributed by atoms with Crippen molar-refractivity contribution in [1.82, 2.24) is 24.8 Å². The van der Waals surface area contributed by atoms with Crippen molar-refractivity contribution in [1.29, 1.82) is 0 Å². The Balaban J connectivity index is 1.67. The van der Waals surface area contributed by atoms with Gasteiger partial charge in [-0.3, -0.25) is 14.3 Å². The van der Waals surface area contributed by atoms with Gasteiger partial charge in [0, 0.05) is 24.6 Å². The van der Waals surface area contributed by atoms with Crippen molar-refractivity contribution in [2.75, 3.05) is 0 Å². The van der Waals surface area contributed by atoms with Gasteiger partial charge in [-0.05, 0) is 30.5 Å². The van der Waals surface area contributed by atoms with Gasteiger partial charge in [-0.25, -0.2) is 9.97 Å². The number of pyridine rings is 1. The van der Waals surface area contributed by atoms with Crippen molar-refractivity contribution in [2.24, 2.45) is 0 Å². The summed E-state index contributed by atoms with van der Waals surface area (Å²) >= 11 is 1.54. The lowest BCUT2D eigenvalue weighted by atomic mass is 9.95. The number of amides is 1. The van der Waals surface area contributed by atoms with Gasteiger partial charge in [0.05, 0.1) is 10.4 Å². The lowest BCUT2D eigenvalue weighted by molar-refractivity contribution is 0.0922. The van der Waals surface area contributed by atoms with Crippen LogP contribution < -0.4 is 5.32 Å². The molecular formula is C18H19N5OS. The van der Waals surface area contributed by atoms with E-state index in [1.54, 1.807) is 35.6 Å². The van der Waals surface area contributed by atoms with Gasteiger partial charge in [0.25, 0.3) is 5.91 Å². The van der Waals surface area contributed by atoms with Crippen LogP contribution in [0, 0.1) is 0 Å². The predicted molar refractivity (Wildman–Crippen MR) is 96.8 cm³/mol. The van der Waals surface area contributed by atoms with E-state index in [4.69, 9.17) is 0 Å². The molecule has 0 saturated heterocycles. The Morgan fingerprint density at radius 2 is 2.08 bits per heavy atom. The highest BCUT2D eigenvalue weighted by atomic mass is 32.1. The van der Waals surface area contributed by atoms with Gasteiger partial charge in [0.15, 0.2) is 0 Å². The smallest absolute Gasteiger partial charge is 0.270 e. The average molecular weight is 353 g/mol. The first kappa shape index (κ1) is 16.0. The van der Waals surface area contributed by atoms with E-state index in [1.165, 1.54) is 19.3 Å². The third-order valence-corrected chi connectivity index (χ3v) is 5.29. The zero-order valence-corrected chi connectivity index (χ0v) is 14.6. The molecule has 7 heteroatoms. The first-order valence-electron chi connectivity index (χ1n) is 8.50. The quantitative estimate of drug-likeness (QED) is 0.780. The first-order chi connectivity index (χ1) is 12.3. The van der Waals surface area contributed by atoms with E-state index in [2.05, 4.69) is 20.3 Å². The lowest BCUT2D eigenvalue weighted by Gasteiger charge is -2.22. The number of thiazole rings is 1. The molecule has 0 radical (unpaired) electrons. The number of carbonyl (C=O) groups excluding carboxylic acids is 1. The number of hydrogen-bond acceptors (Lipinski definition) is 5. The van der Waals surface area contributed by atoms with Crippen LogP contribution in [0.1, 0.15) is 42.6 Å². The molecule has 3 aromatic rings. The highest BCUT2D eigenvalue weighted by Crippen LogP contribution is 2.26. The Labute approximate surface area is 150 Å². The third kappa shape index (κ3) is 3.61. The number of carbonyl (C=O) groups is 1. The molecule has 0 spiro atoms. The van der Waals surface area contributed by atoms with E-state index in [9.17, 15) is 4.79 Å². The van der Waals surface area contributed by atoms with Crippen LogP contribution in [0.4, 0.5) is 0 Å². The maximum atomic E-state index is 12.7. The minimum Gasteiger partial charge on any atom is -0.348 e. The normalized spacial score (nSPS) is 15.2. The first-order valence-corrected chi connectivity index (χ1v) is 9.38. The van der Waals surface area contributed by atoms with Crippen LogP contribution in [0.2, 0.25) is 0 Å². The number of nitrogens with one attached hydrogen (secondary N) is 1. The summed E-state index contributed by atoms with van der Waals surface area (Å²) in [5.74, 6) is 0.567. The second-order valence-corrected chi connectivity index (χ2v) is 7.13. The second-order valence-electron chi connectivity index (χ2n) is 6.24. The maximum Gasteiger partial charge on any atom is 0.270 e. The van der Waals surface area contributed by atoms with E-state index >= 15 is 0 Å². The summed E-state index contributed by atoms with van der Waals surface area (Å²) < 4.78 is 1.81. The van der Waals surface area contributed by atoms with Crippen molar-refractivity contribution in [2.45, 2.75) is 38.1 Å². The molecule has 3 heterocycles. The Hall–Kier alpha value is -2.54. The molecule has 0 atom stereocenters. The molecule has 128 valence electrons. The van der Waals surface area contributed by atoms with E-state index < -0.39 is 0 Å². The summed E-state index contributed by atoms with van der Waals surface area (Å²) in [6.07, 6.45) is 12.7. The van der Waals surface area contributed by atoms with Crippen molar-refractivity contribution in [3.05, 3.63) is 48.3 Å². The maximum absolute atomic E-state index is 12.7. The van der Waals surface area contributed by atoms with Crippen LogP contribution in [0.5, 0.6) is 0 Å². The van der Waals surface area contributed by atoms with Gasteiger partial charge in [0.2, 0.25) is 0 Å². The van der Waals surface area contributed by atoms with Crippen LogP contribution in [0.3, 0.4) is 0 Å². The minimum absolute atomic E-state index is 0.111. The van der Waals surface area contributed by atoms with Crippen LogP contribution >= 0.6 is 11.3 Å². The fourth-order valence-corrected chi connectivity index (χ4v) is 3.78. The van der Waals surface area contributed by atoms with Gasteiger partial charge < -0.3 is 5.32 Å². The zero-order valence-electron chi connectivity index (χ0n) is 13.8. The molecule has 6 nitrogen and oxygen atoms in total. The summed E-state index contributed by atoms with van der Waals surface area (Å²) in [4.78, 5) is 26.5.